The van der Waals surface area contributed by atoms with Crippen LogP contribution >= 0.6 is 0 Å². The van der Waals surface area contributed by atoms with Crippen molar-refractivity contribution >= 4 is 35.7 Å². The minimum absolute atomic E-state index is 0.00732. The van der Waals surface area contributed by atoms with E-state index in [0.717, 1.165) is 47.9 Å². The normalized spacial score (nSPS) is 41.5. The molecule has 22 atom stereocenters. The van der Waals surface area contributed by atoms with E-state index in [1.807, 2.05) is 48.5 Å². The van der Waals surface area contributed by atoms with Gasteiger partial charge >= 0.3 is 23.9 Å². The van der Waals surface area contributed by atoms with Gasteiger partial charge in [-0.2, -0.15) is 21.0 Å². The highest BCUT2D eigenvalue weighted by atomic mass is 16.6. The van der Waals surface area contributed by atoms with Crippen molar-refractivity contribution in [1.29, 1.82) is 21.0 Å². The van der Waals surface area contributed by atoms with Crippen LogP contribution in [0.3, 0.4) is 0 Å². The van der Waals surface area contributed by atoms with Gasteiger partial charge in [-0.3, -0.25) is 28.8 Å². The quantitative estimate of drug-likeness (QED) is 0.201. The monoisotopic (exact) mass is 1250 g/mol. The fourth-order valence-electron chi connectivity index (χ4n) is 23.2. The Bertz CT molecular complexity index is 3110. The highest BCUT2D eigenvalue weighted by Crippen LogP contribution is 2.73. The molecule has 2 aromatic carbocycles. The van der Waals surface area contributed by atoms with Crippen LogP contribution in [0.1, 0.15) is 207 Å². The molecule has 24 rings (SSSR count). The number of amides is 2. The Kier molecular flexibility index (Phi) is 18.5. The Morgan fingerprint density at radius 3 is 1.13 bits per heavy atom. The minimum Gasteiger partial charge on any atom is -0.462 e. The van der Waals surface area contributed by atoms with E-state index in [0.29, 0.717) is 77.0 Å². The molecule has 0 saturated heterocycles. The Morgan fingerprint density at radius 2 is 0.804 bits per heavy atom. The van der Waals surface area contributed by atoms with Gasteiger partial charge in [0.2, 0.25) is 11.8 Å². The summed E-state index contributed by atoms with van der Waals surface area (Å²) >= 11 is 0. The van der Waals surface area contributed by atoms with E-state index in [1.54, 1.807) is 0 Å². The molecule has 492 valence electrons. The number of carbonyl (C=O) groups is 6. The molecule has 16 nitrogen and oxygen atoms in total. The molecule has 8 fully saturated rings. The average Bonchev–Trinajstić information content (AvgIpc) is 1.23. The lowest BCUT2D eigenvalue weighted by Gasteiger charge is -2.65. The minimum atomic E-state index is -0.961. The third-order valence-electron chi connectivity index (χ3n) is 27.8. The van der Waals surface area contributed by atoms with Crippen LogP contribution in [-0.2, 0) is 71.6 Å². The second kappa shape index (κ2) is 25.5. The standard InChI is InChI=1S/C76H98N6O10/c1-43-11-25-67(87)81-41-49-13-17-51(18-14-49)76(56(39-79)40-80)30-28-72(8)54(36-76)32-64(90-46(4)84)70-60-24-22-58(74(60,10)66(34-62(70)72)92-48(6)86)44(2)12-26-68(88)82-42-50-15-19-52(20-16-50)75(55(37-77)38-78)29-27-71(7)53(35-75)31-63(89-45(3)83)69-59-23-21-57(43)73(59,9)65(33-61(69)71)91-47(5)85/h13-20,43-44,53-66,69-70H,11-12,21-36,41-42H2,1-10H3,(H,81,87)(H,82,88)/t43-,44-,53-,54-,57-,58-,59+,60+,61+,62+,63-,64-,65+,66+,69-,70+,71+,72+,73-,74-,75+,76+/m1/s1. The Morgan fingerprint density at radius 1 is 0.467 bits per heavy atom. The fraction of sp³-hybridized carbons (Fsp3) is 0.711. The van der Waals surface area contributed by atoms with Crippen LogP contribution in [0.2, 0.25) is 0 Å². The summed E-state index contributed by atoms with van der Waals surface area (Å²) in [6.07, 6.45) is 9.46. The number of hydrogen-bond acceptors (Lipinski definition) is 14. The first kappa shape index (κ1) is 66.7. The van der Waals surface area contributed by atoms with E-state index in [-0.39, 0.29) is 143 Å². The molecule has 0 aromatic heterocycles. The molecular weight excluding hydrogens is 1160 g/mol. The molecule has 22 aliphatic rings. The number of nitrogens with zero attached hydrogens (tertiary/aromatic N) is 4. The largest absolute Gasteiger partial charge is 0.462 e. The molecule has 16 heteroatoms. The van der Waals surface area contributed by atoms with Gasteiger partial charge < -0.3 is 29.6 Å². The van der Waals surface area contributed by atoms with Crippen molar-refractivity contribution < 1.29 is 47.7 Å². The zero-order valence-electron chi connectivity index (χ0n) is 56.0. The summed E-state index contributed by atoms with van der Waals surface area (Å²) in [5, 5.41) is 49.6. The maximum Gasteiger partial charge on any atom is 0.302 e. The Labute approximate surface area is 545 Å². The predicted octanol–water partition coefficient (Wildman–Crippen LogP) is 12.8. The molecule has 2 N–H and O–H groups in total. The number of nitriles is 4. The van der Waals surface area contributed by atoms with E-state index >= 15 is 0 Å². The highest BCUT2D eigenvalue weighted by molar-refractivity contribution is 5.76. The maximum absolute atomic E-state index is 14.0. The van der Waals surface area contributed by atoms with Gasteiger partial charge in [-0.25, -0.2) is 0 Å². The van der Waals surface area contributed by atoms with Crippen LogP contribution in [0.15, 0.2) is 48.5 Å². The van der Waals surface area contributed by atoms with Gasteiger partial charge in [-0.05, 0) is 195 Å². The lowest BCUT2D eigenvalue weighted by atomic mass is 9.40. The second-order valence-corrected chi connectivity index (χ2v) is 31.6. The molecule has 92 heavy (non-hydrogen) atoms. The number of rotatable bonds is 6. The molecule has 0 unspecified atom stereocenters. The number of nitrogens with one attached hydrogen (secondary N) is 2. The topological polar surface area (TPSA) is 259 Å². The van der Waals surface area contributed by atoms with E-state index < -0.39 is 57.9 Å². The van der Waals surface area contributed by atoms with Gasteiger partial charge in [0.1, 0.15) is 36.3 Å². The molecule has 2 aromatic rings. The molecule has 14 aliphatic heterocycles. The van der Waals surface area contributed by atoms with Crippen molar-refractivity contribution in [2.75, 3.05) is 0 Å². The first-order valence-electron chi connectivity index (χ1n) is 34.7. The summed E-state index contributed by atoms with van der Waals surface area (Å²) in [5.74, 6) is -3.16. The Hall–Kier alpha value is -6.78. The van der Waals surface area contributed by atoms with E-state index in [9.17, 15) is 49.8 Å². The molecule has 8 aliphatic carbocycles. The molecule has 0 radical (unpaired) electrons. The summed E-state index contributed by atoms with van der Waals surface area (Å²) in [7, 11) is 0. The fourth-order valence-corrected chi connectivity index (χ4v) is 23.2. The molecule has 20 bridgehead atoms. The van der Waals surface area contributed by atoms with Crippen LogP contribution < -0.4 is 10.6 Å². The molecular formula is C76H98N6O10. The highest BCUT2D eigenvalue weighted by Gasteiger charge is 2.71. The summed E-state index contributed by atoms with van der Waals surface area (Å²) in [5.41, 5.74) is 0.311. The lowest BCUT2D eigenvalue weighted by molar-refractivity contribution is -0.224. The van der Waals surface area contributed by atoms with Gasteiger partial charge in [0.25, 0.3) is 0 Å². The number of benzene rings is 2. The van der Waals surface area contributed by atoms with Gasteiger partial charge in [0.05, 0.1) is 24.3 Å². The number of hydrogen-bond donors (Lipinski definition) is 2. The summed E-state index contributed by atoms with van der Waals surface area (Å²) in [6, 6.07) is 25.7. The first-order chi connectivity index (χ1) is 43.7. The average molecular weight is 1260 g/mol. The number of ether oxygens (including phenoxy) is 4. The van der Waals surface area contributed by atoms with Crippen LogP contribution in [0.4, 0.5) is 0 Å². The second-order valence-electron chi connectivity index (χ2n) is 31.6. The van der Waals surface area contributed by atoms with Crippen LogP contribution in [0, 0.1) is 150 Å². The van der Waals surface area contributed by atoms with Crippen molar-refractivity contribution in [1.82, 2.24) is 10.6 Å². The summed E-state index contributed by atoms with van der Waals surface area (Å²) < 4.78 is 26.0. The molecule has 2 amide bonds. The van der Waals surface area contributed by atoms with Gasteiger partial charge in [-0.1, -0.05) is 90.1 Å². The van der Waals surface area contributed by atoms with Gasteiger partial charge in [0.15, 0.2) is 0 Å². The van der Waals surface area contributed by atoms with Crippen molar-refractivity contribution in [2.45, 2.75) is 233 Å². The lowest BCUT2D eigenvalue weighted by Crippen LogP contribution is -2.64. The van der Waals surface area contributed by atoms with Gasteiger partial charge in [-0.15, -0.1) is 0 Å². The third-order valence-corrected chi connectivity index (χ3v) is 27.8. The Balaban J connectivity index is 0.928. The third kappa shape index (κ3) is 11.3. The van der Waals surface area contributed by atoms with Crippen molar-refractivity contribution in [3.8, 4) is 24.3 Å². The molecule has 0 spiro atoms. The van der Waals surface area contributed by atoms with E-state index in [4.69, 9.17) is 18.9 Å². The summed E-state index contributed by atoms with van der Waals surface area (Å²) in [6.45, 7) is 20.1. The number of carbonyl (C=O) groups excluding carboxylic acids is 6. The smallest absolute Gasteiger partial charge is 0.302 e. The number of esters is 4. The predicted molar refractivity (Wildman–Crippen MR) is 340 cm³/mol. The molecule has 8 saturated carbocycles. The SMILES string of the molecule is CC(=O)O[C@H]1C[C@H]2[C@H]3[C@H](OC(C)=O)C[C@@H]4C[C@@](C(C#N)C#N)(CC[C@@]42C)c2ccc(cc2)CNC(=O)CC[C@@H](C)[C@H]2CC[C@H]4[C@H]5[C@H](OC(C)=O)C[C@@H]6C[C@@](C(C#N)C#N)(CC[C@]6(C)[C@H]5C[C@H](OC(C)=O)[C@]24C)c2ccc(cc2)CNC(=O)CC[C@@H](C)[C@H]2CC[C@@H]3[C@]12C. The zero-order chi connectivity index (χ0) is 66.0. The van der Waals surface area contributed by atoms with Crippen LogP contribution in [-0.4, -0.2) is 60.1 Å². The van der Waals surface area contributed by atoms with Gasteiger partial charge in [0, 0.05) is 87.1 Å². The van der Waals surface area contributed by atoms with Crippen LogP contribution in [0.25, 0.3) is 0 Å². The van der Waals surface area contributed by atoms with Crippen LogP contribution in [0.5, 0.6) is 0 Å². The van der Waals surface area contributed by atoms with Crippen molar-refractivity contribution in [3.05, 3.63) is 70.8 Å². The van der Waals surface area contributed by atoms with Crippen molar-refractivity contribution in [3.63, 3.8) is 0 Å². The molecule has 14 heterocycles. The van der Waals surface area contributed by atoms with Crippen molar-refractivity contribution in [2.24, 2.45) is 105 Å². The van der Waals surface area contributed by atoms with E-state index in [2.05, 4.69) is 76.5 Å². The first-order valence-corrected chi connectivity index (χ1v) is 34.7. The zero-order valence-corrected chi connectivity index (χ0v) is 56.0. The summed E-state index contributed by atoms with van der Waals surface area (Å²) in [4.78, 5) is 81.1. The maximum atomic E-state index is 14.0. The van der Waals surface area contributed by atoms with E-state index in [1.165, 1.54) is 27.7 Å².